The van der Waals surface area contributed by atoms with Crippen molar-refractivity contribution in [3.05, 3.63) is 101 Å². The van der Waals surface area contributed by atoms with Crippen molar-refractivity contribution in [3.8, 4) is 5.75 Å². The minimum atomic E-state index is -0.358. The van der Waals surface area contributed by atoms with E-state index < -0.39 is 0 Å². The number of anilines is 2. The molecular formula is C27H24N2O3. The van der Waals surface area contributed by atoms with Gasteiger partial charge in [0.25, 0.3) is 0 Å². The van der Waals surface area contributed by atoms with Gasteiger partial charge in [-0.25, -0.2) is 0 Å². The molecule has 0 bridgehead atoms. The summed E-state index contributed by atoms with van der Waals surface area (Å²) in [5.74, 6) is 0.416. The van der Waals surface area contributed by atoms with Gasteiger partial charge in [0.1, 0.15) is 5.75 Å². The SMILES string of the molecule is CC(=O)Oc1ccc([C@@H]2Nc3ccccc3NC3=C2C(=O)C[C@@H](c2ccccc2)C3)cc1. The van der Waals surface area contributed by atoms with Gasteiger partial charge in [0.15, 0.2) is 5.78 Å². The van der Waals surface area contributed by atoms with Gasteiger partial charge in [0.05, 0.1) is 17.4 Å². The summed E-state index contributed by atoms with van der Waals surface area (Å²) in [6.45, 7) is 1.38. The number of ether oxygens (including phenoxy) is 1. The Morgan fingerprint density at radius 2 is 1.53 bits per heavy atom. The number of esters is 1. The van der Waals surface area contributed by atoms with E-state index in [4.69, 9.17) is 4.74 Å². The Kier molecular flexibility index (Phi) is 5.23. The third kappa shape index (κ3) is 3.89. The standard InChI is InChI=1S/C27H24N2O3/c1-17(30)32-21-13-11-19(12-14-21)27-26-24(28-22-9-5-6-10-23(22)29-27)15-20(16-25(26)31)18-7-3-2-4-8-18/h2-14,20,27-29H,15-16H2,1H3/t20-,27-/m0/s1. The lowest BCUT2D eigenvalue weighted by molar-refractivity contribution is -0.131. The average Bonchev–Trinajstić information content (AvgIpc) is 2.97. The summed E-state index contributed by atoms with van der Waals surface area (Å²) in [5, 5.41) is 7.13. The van der Waals surface area contributed by atoms with Crippen LogP contribution in [0.2, 0.25) is 0 Å². The largest absolute Gasteiger partial charge is 0.427 e. The van der Waals surface area contributed by atoms with E-state index in [9.17, 15) is 9.59 Å². The number of Topliss-reactive ketones (excluding diaryl/α,β-unsaturated/α-hetero) is 1. The summed E-state index contributed by atoms with van der Waals surface area (Å²) in [6, 6.07) is 25.3. The molecule has 3 aromatic rings. The average molecular weight is 425 g/mol. The van der Waals surface area contributed by atoms with Crippen LogP contribution in [-0.2, 0) is 9.59 Å². The van der Waals surface area contributed by atoms with E-state index in [2.05, 4.69) is 22.8 Å². The quantitative estimate of drug-likeness (QED) is 0.424. The van der Waals surface area contributed by atoms with E-state index in [-0.39, 0.29) is 23.7 Å². The molecule has 0 saturated carbocycles. The van der Waals surface area contributed by atoms with E-state index in [0.717, 1.165) is 34.6 Å². The fraction of sp³-hybridized carbons (Fsp3) is 0.185. The first-order valence-electron chi connectivity index (χ1n) is 10.8. The lowest BCUT2D eigenvalue weighted by Crippen LogP contribution is -2.26. The molecule has 1 heterocycles. The molecule has 0 unspecified atom stereocenters. The molecule has 2 aliphatic rings. The maximum atomic E-state index is 13.5. The highest BCUT2D eigenvalue weighted by atomic mass is 16.5. The third-order valence-electron chi connectivity index (χ3n) is 6.05. The first-order chi connectivity index (χ1) is 15.6. The molecular weight excluding hydrogens is 400 g/mol. The summed E-state index contributed by atoms with van der Waals surface area (Å²) in [5.41, 5.74) is 5.76. The Bertz CT molecular complexity index is 1200. The van der Waals surface area contributed by atoms with Crippen molar-refractivity contribution in [3.63, 3.8) is 0 Å². The van der Waals surface area contributed by atoms with Gasteiger partial charge in [-0.1, -0.05) is 54.6 Å². The van der Waals surface area contributed by atoms with Gasteiger partial charge in [-0.3, -0.25) is 9.59 Å². The smallest absolute Gasteiger partial charge is 0.308 e. The molecule has 0 fully saturated rings. The predicted octanol–water partition coefficient (Wildman–Crippen LogP) is 5.59. The monoisotopic (exact) mass is 424 g/mol. The molecule has 0 saturated heterocycles. The number of ketones is 1. The molecule has 5 nitrogen and oxygen atoms in total. The van der Waals surface area contributed by atoms with Gasteiger partial charge >= 0.3 is 5.97 Å². The van der Waals surface area contributed by atoms with E-state index >= 15 is 0 Å². The second-order valence-electron chi connectivity index (χ2n) is 8.24. The maximum absolute atomic E-state index is 13.5. The Morgan fingerprint density at radius 3 is 2.25 bits per heavy atom. The predicted molar refractivity (Wildman–Crippen MR) is 125 cm³/mol. The summed E-state index contributed by atoms with van der Waals surface area (Å²) in [7, 11) is 0. The van der Waals surface area contributed by atoms with E-state index in [1.54, 1.807) is 12.1 Å². The van der Waals surface area contributed by atoms with Crippen LogP contribution in [-0.4, -0.2) is 11.8 Å². The Balaban J connectivity index is 1.56. The topological polar surface area (TPSA) is 67.4 Å². The normalized spacial score (nSPS) is 19.7. The summed E-state index contributed by atoms with van der Waals surface area (Å²) < 4.78 is 5.18. The van der Waals surface area contributed by atoms with Crippen LogP contribution in [0.25, 0.3) is 0 Å². The van der Waals surface area contributed by atoms with Crippen LogP contribution in [0.4, 0.5) is 11.4 Å². The number of fused-ring (bicyclic) bond motifs is 1. The molecule has 3 aromatic carbocycles. The number of rotatable bonds is 3. The number of benzene rings is 3. The fourth-order valence-electron chi connectivity index (χ4n) is 4.60. The summed E-state index contributed by atoms with van der Waals surface area (Å²) >= 11 is 0. The minimum Gasteiger partial charge on any atom is -0.427 e. The number of carbonyl (C=O) groups is 2. The Morgan fingerprint density at radius 1 is 0.844 bits per heavy atom. The highest BCUT2D eigenvalue weighted by molar-refractivity contribution is 6.01. The molecule has 0 aromatic heterocycles. The van der Waals surface area contributed by atoms with Gasteiger partial charge in [0.2, 0.25) is 0 Å². The Labute approximate surface area is 187 Å². The highest BCUT2D eigenvalue weighted by Crippen LogP contribution is 2.44. The van der Waals surface area contributed by atoms with E-state index in [1.165, 1.54) is 12.5 Å². The highest BCUT2D eigenvalue weighted by Gasteiger charge is 2.36. The molecule has 5 rings (SSSR count). The van der Waals surface area contributed by atoms with Gasteiger partial charge in [-0.05, 0) is 47.7 Å². The lowest BCUT2D eigenvalue weighted by atomic mass is 9.78. The summed E-state index contributed by atoms with van der Waals surface area (Å²) in [4.78, 5) is 24.8. The zero-order valence-corrected chi connectivity index (χ0v) is 17.8. The molecule has 1 aliphatic carbocycles. The molecule has 0 amide bonds. The molecule has 2 N–H and O–H groups in total. The molecule has 1 aliphatic heterocycles. The second kappa shape index (κ2) is 8.35. The van der Waals surface area contributed by atoms with Crippen molar-refractivity contribution in [2.45, 2.75) is 31.7 Å². The zero-order valence-electron chi connectivity index (χ0n) is 17.8. The van der Waals surface area contributed by atoms with Crippen molar-refractivity contribution in [1.82, 2.24) is 0 Å². The molecule has 5 heteroatoms. The first kappa shape index (κ1) is 20.1. The second-order valence-corrected chi connectivity index (χ2v) is 8.24. The lowest BCUT2D eigenvalue weighted by Gasteiger charge is -2.30. The number of carbonyl (C=O) groups excluding carboxylic acids is 2. The van der Waals surface area contributed by atoms with Crippen LogP contribution in [0.5, 0.6) is 5.75 Å². The molecule has 2 atom stereocenters. The number of hydrogen-bond donors (Lipinski definition) is 2. The van der Waals surface area contributed by atoms with Crippen molar-refractivity contribution in [2.75, 3.05) is 10.6 Å². The van der Waals surface area contributed by atoms with Gasteiger partial charge in [-0.2, -0.15) is 0 Å². The van der Waals surface area contributed by atoms with Crippen molar-refractivity contribution >= 4 is 23.1 Å². The maximum Gasteiger partial charge on any atom is 0.308 e. The number of para-hydroxylation sites is 2. The van der Waals surface area contributed by atoms with Crippen molar-refractivity contribution < 1.29 is 14.3 Å². The van der Waals surface area contributed by atoms with Crippen LogP contribution in [0.3, 0.4) is 0 Å². The van der Waals surface area contributed by atoms with Crippen LogP contribution in [0, 0.1) is 0 Å². The molecule has 0 spiro atoms. The summed E-state index contributed by atoms with van der Waals surface area (Å²) in [6.07, 6.45) is 1.24. The molecule has 0 radical (unpaired) electrons. The van der Waals surface area contributed by atoms with Crippen LogP contribution in [0.15, 0.2) is 90.1 Å². The van der Waals surface area contributed by atoms with Gasteiger partial charge in [-0.15, -0.1) is 0 Å². The number of nitrogens with one attached hydrogen (secondary N) is 2. The van der Waals surface area contributed by atoms with E-state index in [1.807, 2.05) is 54.6 Å². The zero-order chi connectivity index (χ0) is 22.1. The third-order valence-corrected chi connectivity index (χ3v) is 6.05. The molecule has 160 valence electrons. The Hall–Kier alpha value is -3.86. The molecule has 32 heavy (non-hydrogen) atoms. The van der Waals surface area contributed by atoms with Crippen molar-refractivity contribution in [2.24, 2.45) is 0 Å². The van der Waals surface area contributed by atoms with Gasteiger partial charge < -0.3 is 15.4 Å². The number of hydrogen-bond acceptors (Lipinski definition) is 5. The van der Waals surface area contributed by atoms with Crippen LogP contribution < -0.4 is 15.4 Å². The van der Waals surface area contributed by atoms with Crippen LogP contribution in [0.1, 0.15) is 42.9 Å². The van der Waals surface area contributed by atoms with Crippen LogP contribution >= 0.6 is 0 Å². The van der Waals surface area contributed by atoms with E-state index in [0.29, 0.717) is 12.2 Å². The van der Waals surface area contributed by atoms with Crippen molar-refractivity contribution in [1.29, 1.82) is 0 Å². The number of allylic oxidation sites excluding steroid dienone is 1. The minimum absolute atomic E-state index is 0.141. The fourth-order valence-corrected chi connectivity index (χ4v) is 4.60. The first-order valence-corrected chi connectivity index (χ1v) is 10.8. The van der Waals surface area contributed by atoms with Gasteiger partial charge in [0, 0.05) is 24.6 Å².